The number of hydrogen-bond donors (Lipinski definition) is 1. The number of amides is 1. The predicted molar refractivity (Wildman–Crippen MR) is 111 cm³/mol. The van der Waals surface area contributed by atoms with Crippen LogP contribution in [0.4, 0.5) is 16.0 Å². The molecule has 8 nitrogen and oxygen atoms in total. The van der Waals surface area contributed by atoms with Crippen molar-refractivity contribution in [1.82, 2.24) is 24.6 Å². The average Bonchev–Trinajstić information content (AvgIpc) is 3.47. The molecule has 0 spiro atoms. The van der Waals surface area contributed by atoms with E-state index in [4.69, 9.17) is 16.9 Å². The molecule has 0 bridgehead atoms. The Hall–Kier alpha value is -3.51. The van der Waals surface area contributed by atoms with Gasteiger partial charge >= 0.3 is 0 Å². The van der Waals surface area contributed by atoms with Gasteiger partial charge in [-0.1, -0.05) is 17.7 Å². The van der Waals surface area contributed by atoms with Crippen molar-refractivity contribution in [2.75, 3.05) is 18.4 Å². The number of nitrogens with zero attached hydrogens (tertiary/aromatic N) is 6. The Morgan fingerprint density at radius 2 is 2.10 bits per heavy atom. The monoisotopic (exact) mass is 437 g/mol. The number of nitriles is 1. The fourth-order valence-corrected chi connectivity index (χ4v) is 3.63. The number of likely N-dealkylation sites (tertiary alicyclic amines) is 1. The Balaban J connectivity index is 1.36. The van der Waals surface area contributed by atoms with E-state index in [1.807, 2.05) is 10.9 Å². The summed E-state index contributed by atoms with van der Waals surface area (Å²) >= 11 is 6.26. The Morgan fingerprint density at radius 1 is 1.29 bits per heavy atom. The van der Waals surface area contributed by atoms with E-state index in [1.54, 1.807) is 12.3 Å². The number of halogens is 2. The van der Waals surface area contributed by atoms with Crippen LogP contribution in [0.25, 0.3) is 11.3 Å². The molecule has 0 unspecified atom stereocenters. The molecule has 3 aromatic rings. The second kappa shape index (κ2) is 7.63. The van der Waals surface area contributed by atoms with Gasteiger partial charge in [0.2, 0.25) is 5.95 Å². The van der Waals surface area contributed by atoms with Crippen molar-refractivity contribution in [3.05, 3.63) is 53.2 Å². The summed E-state index contributed by atoms with van der Waals surface area (Å²) < 4.78 is 16.6. The zero-order valence-electron chi connectivity index (χ0n) is 16.3. The molecule has 0 atom stereocenters. The van der Waals surface area contributed by atoms with Crippen molar-refractivity contribution in [2.24, 2.45) is 5.92 Å². The van der Waals surface area contributed by atoms with Crippen LogP contribution in [-0.4, -0.2) is 43.6 Å². The number of anilines is 2. The Morgan fingerprint density at radius 3 is 2.81 bits per heavy atom. The third-order valence-corrected chi connectivity index (χ3v) is 5.62. The van der Waals surface area contributed by atoms with E-state index < -0.39 is 11.7 Å². The standard InChI is InChI=1S/C21H17ClFN7O/c22-17-8-25-21(27-14-7-26-30(11-14)15-2-3-15)28-19(17)13-1-4-16(18(23)5-13)20(31)29-9-12(6-24)10-29/h1,4-5,7-8,11-12,15H,2-3,9-10H2,(H,25,27,28). The Labute approximate surface area is 182 Å². The number of aromatic nitrogens is 4. The van der Waals surface area contributed by atoms with Crippen LogP contribution in [0.2, 0.25) is 5.02 Å². The van der Waals surface area contributed by atoms with Gasteiger partial charge in [-0.3, -0.25) is 9.48 Å². The molecule has 1 saturated carbocycles. The zero-order valence-corrected chi connectivity index (χ0v) is 17.1. The van der Waals surface area contributed by atoms with Crippen molar-refractivity contribution in [3.63, 3.8) is 0 Å². The van der Waals surface area contributed by atoms with Crippen molar-refractivity contribution in [1.29, 1.82) is 5.26 Å². The molecule has 10 heteroatoms. The minimum absolute atomic E-state index is 0.0452. The van der Waals surface area contributed by atoms with E-state index in [0.29, 0.717) is 36.3 Å². The maximum atomic E-state index is 14.7. The van der Waals surface area contributed by atoms with Crippen molar-refractivity contribution in [2.45, 2.75) is 18.9 Å². The molecule has 3 heterocycles. The molecule has 1 saturated heterocycles. The highest BCUT2D eigenvalue weighted by Crippen LogP contribution is 2.35. The van der Waals surface area contributed by atoms with Gasteiger partial charge < -0.3 is 10.2 Å². The summed E-state index contributed by atoms with van der Waals surface area (Å²) in [6, 6.07) is 6.80. The number of benzene rings is 1. The first-order chi connectivity index (χ1) is 15.0. The van der Waals surface area contributed by atoms with Gasteiger partial charge in [0.15, 0.2) is 0 Å². The summed E-state index contributed by atoms with van der Waals surface area (Å²) in [4.78, 5) is 22.5. The topological polar surface area (TPSA) is 99.7 Å². The van der Waals surface area contributed by atoms with Crippen molar-refractivity contribution < 1.29 is 9.18 Å². The molecule has 156 valence electrons. The molecule has 1 aliphatic carbocycles. The van der Waals surface area contributed by atoms with Crippen LogP contribution in [0.5, 0.6) is 0 Å². The first-order valence-corrected chi connectivity index (χ1v) is 10.2. The number of hydrogen-bond acceptors (Lipinski definition) is 6. The number of rotatable bonds is 5. The molecule has 5 rings (SSSR count). The van der Waals surface area contributed by atoms with Gasteiger partial charge in [-0.25, -0.2) is 14.4 Å². The molecule has 31 heavy (non-hydrogen) atoms. The summed E-state index contributed by atoms with van der Waals surface area (Å²) in [5.41, 5.74) is 1.48. The number of nitrogens with one attached hydrogen (secondary N) is 1. The quantitative estimate of drug-likeness (QED) is 0.651. The molecule has 2 fully saturated rings. The molecule has 2 aromatic heterocycles. The van der Waals surface area contributed by atoms with E-state index >= 15 is 0 Å². The highest BCUT2D eigenvalue weighted by molar-refractivity contribution is 6.32. The van der Waals surface area contributed by atoms with Crippen LogP contribution in [0.3, 0.4) is 0 Å². The Bertz CT molecular complexity index is 1210. The summed E-state index contributed by atoms with van der Waals surface area (Å²) in [7, 11) is 0. The van der Waals surface area contributed by atoms with Crippen LogP contribution in [-0.2, 0) is 0 Å². The van der Waals surface area contributed by atoms with Gasteiger partial charge in [0.1, 0.15) is 5.82 Å². The van der Waals surface area contributed by atoms with Crippen molar-refractivity contribution in [3.8, 4) is 17.3 Å². The predicted octanol–water partition coefficient (Wildman–Crippen LogP) is 3.81. The van der Waals surface area contributed by atoms with Gasteiger partial charge in [0.25, 0.3) is 5.91 Å². The average molecular weight is 438 g/mol. The largest absolute Gasteiger partial charge is 0.336 e. The lowest BCUT2D eigenvalue weighted by molar-refractivity contribution is 0.0572. The Kier molecular flexibility index (Phi) is 4.79. The van der Waals surface area contributed by atoms with E-state index in [-0.39, 0.29) is 16.5 Å². The minimum atomic E-state index is -0.669. The van der Waals surface area contributed by atoms with E-state index in [1.165, 1.54) is 23.2 Å². The summed E-state index contributed by atoms with van der Waals surface area (Å²) in [6.45, 7) is 0.640. The van der Waals surface area contributed by atoms with Crippen LogP contribution in [0.1, 0.15) is 29.2 Å². The van der Waals surface area contributed by atoms with E-state index in [9.17, 15) is 9.18 Å². The highest BCUT2D eigenvalue weighted by atomic mass is 35.5. The fraction of sp³-hybridized carbons (Fsp3) is 0.286. The smallest absolute Gasteiger partial charge is 0.256 e. The normalized spacial score (nSPS) is 16.0. The molecule has 0 radical (unpaired) electrons. The van der Waals surface area contributed by atoms with Crippen LogP contribution >= 0.6 is 11.6 Å². The lowest BCUT2D eigenvalue weighted by Crippen LogP contribution is -2.49. The van der Waals surface area contributed by atoms with Gasteiger partial charge in [-0.2, -0.15) is 10.4 Å². The zero-order chi connectivity index (χ0) is 21.5. The van der Waals surface area contributed by atoms with E-state index in [0.717, 1.165) is 18.5 Å². The van der Waals surface area contributed by atoms with E-state index in [2.05, 4.69) is 26.5 Å². The maximum absolute atomic E-state index is 14.7. The van der Waals surface area contributed by atoms with Gasteiger partial charge in [0.05, 0.1) is 52.4 Å². The first kappa shape index (κ1) is 19.5. The third-order valence-electron chi connectivity index (χ3n) is 5.35. The van der Waals surface area contributed by atoms with Crippen molar-refractivity contribution >= 4 is 29.1 Å². The minimum Gasteiger partial charge on any atom is -0.336 e. The summed E-state index contributed by atoms with van der Waals surface area (Å²) in [5, 5.41) is 16.5. The SMILES string of the molecule is N#CC1CN(C(=O)c2ccc(-c3nc(Nc4cnn(C5CC5)c4)ncc3Cl)cc2F)C1. The summed E-state index contributed by atoms with van der Waals surface area (Å²) in [5.74, 6) is -0.982. The second-order valence-electron chi connectivity index (χ2n) is 7.69. The summed E-state index contributed by atoms with van der Waals surface area (Å²) in [6.07, 6.45) is 7.29. The molecule has 1 amide bonds. The van der Waals surface area contributed by atoms with Crippen LogP contribution in [0.15, 0.2) is 36.8 Å². The molecular formula is C21H17ClFN7O. The van der Waals surface area contributed by atoms with Gasteiger partial charge in [-0.15, -0.1) is 0 Å². The van der Waals surface area contributed by atoms with Crippen LogP contribution < -0.4 is 5.32 Å². The molecule has 1 aromatic carbocycles. The van der Waals surface area contributed by atoms with Gasteiger partial charge in [-0.05, 0) is 25.0 Å². The number of carbonyl (C=O) groups excluding carboxylic acids is 1. The lowest BCUT2D eigenvalue weighted by Gasteiger charge is -2.35. The maximum Gasteiger partial charge on any atom is 0.256 e. The molecule has 1 N–H and O–H groups in total. The van der Waals surface area contributed by atoms with Crippen LogP contribution in [0, 0.1) is 23.1 Å². The highest BCUT2D eigenvalue weighted by Gasteiger charge is 2.32. The molecule has 1 aliphatic heterocycles. The molecular weight excluding hydrogens is 421 g/mol. The first-order valence-electron chi connectivity index (χ1n) is 9.84. The number of carbonyl (C=O) groups is 1. The second-order valence-corrected chi connectivity index (χ2v) is 8.09. The third kappa shape index (κ3) is 3.82. The lowest BCUT2D eigenvalue weighted by atomic mass is 10.00. The van der Waals surface area contributed by atoms with Gasteiger partial charge in [0, 0.05) is 24.8 Å². The fourth-order valence-electron chi connectivity index (χ4n) is 3.43. The molecule has 2 aliphatic rings.